The van der Waals surface area contributed by atoms with Gasteiger partial charge in [-0.25, -0.2) is 5.10 Å². The first-order chi connectivity index (χ1) is 7.25. The van der Waals surface area contributed by atoms with E-state index in [9.17, 15) is 0 Å². The van der Waals surface area contributed by atoms with Crippen molar-refractivity contribution in [3.8, 4) is 0 Å². The summed E-state index contributed by atoms with van der Waals surface area (Å²) in [4.78, 5) is 0.338. The van der Waals surface area contributed by atoms with E-state index >= 15 is 0 Å². The third kappa shape index (κ3) is 2.53. The SMILES string of the molecule is C[C@H](Cc1n[nH]c(=S)o1)c1ccccc1. The molecule has 1 N–H and O–H groups in total. The van der Waals surface area contributed by atoms with Crippen LogP contribution in [0.1, 0.15) is 24.3 Å². The quantitative estimate of drug-likeness (QED) is 0.808. The molecule has 0 fully saturated rings. The van der Waals surface area contributed by atoms with E-state index in [0.717, 1.165) is 6.42 Å². The monoisotopic (exact) mass is 220 g/mol. The van der Waals surface area contributed by atoms with E-state index in [4.69, 9.17) is 16.6 Å². The van der Waals surface area contributed by atoms with Gasteiger partial charge in [-0.3, -0.25) is 0 Å². The zero-order chi connectivity index (χ0) is 10.7. The van der Waals surface area contributed by atoms with E-state index in [2.05, 4.69) is 29.3 Å². The first kappa shape index (κ1) is 10.1. The predicted molar refractivity (Wildman–Crippen MR) is 60.2 cm³/mol. The Morgan fingerprint density at radius 2 is 2.13 bits per heavy atom. The van der Waals surface area contributed by atoms with Crippen LogP contribution in [-0.4, -0.2) is 10.2 Å². The number of H-pyrrole nitrogens is 1. The molecule has 4 heteroatoms. The molecule has 0 radical (unpaired) electrons. The van der Waals surface area contributed by atoms with Crippen LogP contribution in [0.25, 0.3) is 0 Å². The summed E-state index contributed by atoms with van der Waals surface area (Å²) in [5.41, 5.74) is 1.28. The Morgan fingerprint density at radius 1 is 1.40 bits per heavy atom. The molecule has 78 valence electrons. The van der Waals surface area contributed by atoms with Gasteiger partial charge in [0.1, 0.15) is 0 Å². The second-order valence-electron chi connectivity index (χ2n) is 3.52. The van der Waals surface area contributed by atoms with Gasteiger partial charge in [-0.05, 0) is 23.7 Å². The number of hydrogen-bond acceptors (Lipinski definition) is 3. The summed E-state index contributed by atoms with van der Waals surface area (Å²) in [5, 5.41) is 6.61. The molecule has 1 atom stereocenters. The number of rotatable bonds is 3. The number of benzene rings is 1. The van der Waals surface area contributed by atoms with E-state index < -0.39 is 0 Å². The van der Waals surface area contributed by atoms with Gasteiger partial charge in [0.2, 0.25) is 5.89 Å². The standard InChI is InChI=1S/C11H12N2OS/c1-8(9-5-3-2-4-6-9)7-10-12-13-11(15)14-10/h2-6,8H,7H2,1H3,(H,13,15)/t8-/m1/s1. The third-order valence-electron chi connectivity index (χ3n) is 2.33. The van der Waals surface area contributed by atoms with Crippen molar-refractivity contribution in [3.05, 3.63) is 46.6 Å². The molecule has 0 saturated heterocycles. The molecule has 0 saturated carbocycles. The highest BCUT2D eigenvalue weighted by molar-refractivity contribution is 7.71. The largest absolute Gasteiger partial charge is 0.414 e. The van der Waals surface area contributed by atoms with Gasteiger partial charge < -0.3 is 4.42 Å². The Bertz CT molecular complexity index is 475. The second-order valence-corrected chi connectivity index (χ2v) is 3.89. The fourth-order valence-electron chi connectivity index (χ4n) is 1.51. The van der Waals surface area contributed by atoms with Crippen LogP contribution in [-0.2, 0) is 6.42 Å². The van der Waals surface area contributed by atoms with Gasteiger partial charge in [0.05, 0.1) is 0 Å². The lowest BCUT2D eigenvalue weighted by molar-refractivity contribution is 0.466. The third-order valence-corrected chi connectivity index (χ3v) is 2.51. The van der Waals surface area contributed by atoms with Gasteiger partial charge in [-0.2, -0.15) is 0 Å². The van der Waals surface area contributed by atoms with Crippen LogP contribution in [0.3, 0.4) is 0 Å². The molecule has 1 aromatic heterocycles. The first-order valence-corrected chi connectivity index (χ1v) is 5.26. The highest BCUT2D eigenvalue weighted by Gasteiger charge is 2.09. The summed E-state index contributed by atoms with van der Waals surface area (Å²) in [6.45, 7) is 2.14. The maximum Gasteiger partial charge on any atom is 0.284 e. The molecule has 2 aromatic rings. The molecule has 2 rings (SSSR count). The van der Waals surface area contributed by atoms with Crippen molar-refractivity contribution >= 4 is 12.2 Å². The van der Waals surface area contributed by atoms with Crippen molar-refractivity contribution in [2.75, 3.05) is 0 Å². The van der Waals surface area contributed by atoms with Crippen molar-refractivity contribution in [1.82, 2.24) is 10.2 Å². The van der Waals surface area contributed by atoms with Gasteiger partial charge in [0, 0.05) is 6.42 Å². The van der Waals surface area contributed by atoms with Crippen LogP contribution in [0, 0.1) is 4.84 Å². The van der Waals surface area contributed by atoms with Crippen molar-refractivity contribution in [2.45, 2.75) is 19.3 Å². The Kier molecular flexibility index (Phi) is 2.97. The van der Waals surface area contributed by atoms with Crippen molar-refractivity contribution in [3.63, 3.8) is 0 Å². The minimum Gasteiger partial charge on any atom is -0.414 e. The van der Waals surface area contributed by atoms with Gasteiger partial charge in [0.15, 0.2) is 0 Å². The van der Waals surface area contributed by atoms with Gasteiger partial charge in [-0.15, -0.1) is 5.10 Å². The zero-order valence-corrected chi connectivity index (χ0v) is 9.25. The molecular weight excluding hydrogens is 208 g/mol. The highest BCUT2D eigenvalue weighted by Crippen LogP contribution is 2.18. The van der Waals surface area contributed by atoms with Gasteiger partial charge in [-0.1, -0.05) is 37.3 Å². The lowest BCUT2D eigenvalue weighted by Crippen LogP contribution is -1.98. The summed E-state index contributed by atoms with van der Waals surface area (Å²) >= 11 is 4.82. The van der Waals surface area contributed by atoms with Gasteiger partial charge >= 0.3 is 0 Å². The predicted octanol–water partition coefficient (Wildman–Crippen LogP) is 3.08. The van der Waals surface area contributed by atoms with Crippen LogP contribution >= 0.6 is 12.2 Å². The van der Waals surface area contributed by atoms with Crippen LogP contribution in [0.15, 0.2) is 34.7 Å². The summed E-state index contributed by atoms with van der Waals surface area (Å²) in [7, 11) is 0. The fourth-order valence-corrected chi connectivity index (χ4v) is 1.65. The van der Waals surface area contributed by atoms with E-state index in [-0.39, 0.29) is 0 Å². The second kappa shape index (κ2) is 4.40. The lowest BCUT2D eigenvalue weighted by atomic mass is 9.98. The van der Waals surface area contributed by atoms with Crippen LogP contribution in [0.2, 0.25) is 0 Å². The number of aromatic nitrogens is 2. The van der Waals surface area contributed by atoms with Crippen LogP contribution < -0.4 is 0 Å². The number of aromatic amines is 1. The minimum absolute atomic E-state index is 0.338. The smallest absolute Gasteiger partial charge is 0.284 e. The average Bonchev–Trinajstić information content (AvgIpc) is 2.65. The number of hydrogen-bond donors (Lipinski definition) is 1. The minimum atomic E-state index is 0.338. The summed E-state index contributed by atoms with van der Waals surface area (Å²) in [6, 6.07) is 10.3. The molecule has 0 amide bonds. The van der Waals surface area contributed by atoms with Crippen molar-refractivity contribution in [1.29, 1.82) is 0 Å². The van der Waals surface area contributed by atoms with Crippen molar-refractivity contribution < 1.29 is 4.42 Å². The Hall–Kier alpha value is -1.42. The maximum absolute atomic E-state index is 5.22. The average molecular weight is 220 g/mol. The molecule has 1 aromatic carbocycles. The topological polar surface area (TPSA) is 41.8 Å². The molecular formula is C11H12N2OS. The normalized spacial score (nSPS) is 12.6. The summed E-state index contributed by atoms with van der Waals surface area (Å²) in [6.07, 6.45) is 0.761. The van der Waals surface area contributed by atoms with E-state index in [1.165, 1.54) is 5.56 Å². The van der Waals surface area contributed by atoms with Gasteiger partial charge in [0.25, 0.3) is 4.84 Å². The highest BCUT2D eigenvalue weighted by atomic mass is 32.1. The Balaban J connectivity index is 2.10. The fraction of sp³-hybridized carbons (Fsp3) is 0.273. The molecule has 0 unspecified atom stereocenters. The molecule has 0 aliphatic rings. The lowest BCUT2D eigenvalue weighted by Gasteiger charge is -2.08. The molecule has 3 nitrogen and oxygen atoms in total. The molecule has 0 aliphatic heterocycles. The zero-order valence-electron chi connectivity index (χ0n) is 8.43. The molecule has 0 spiro atoms. The molecule has 15 heavy (non-hydrogen) atoms. The number of nitrogens with zero attached hydrogens (tertiary/aromatic N) is 1. The Morgan fingerprint density at radius 3 is 2.73 bits per heavy atom. The van der Waals surface area contributed by atoms with Crippen molar-refractivity contribution in [2.24, 2.45) is 0 Å². The molecule has 0 bridgehead atoms. The maximum atomic E-state index is 5.22. The van der Waals surface area contributed by atoms with Crippen LogP contribution in [0.4, 0.5) is 0 Å². The van der Waals surface area contributed by atoms with E-state index in [1.807, 2.05) is 18.2 Å². The Labute approximate surface area is 93.1 Å². The summed E-state index contributed by atoms with van der Waals surface area (Å²) in [5.74, 6) is 1.05. The molecule has 0 aliphatic carbocycles. The van der Waals surface area contributed by atoms with Crippen LogP contribution in [0.5, 0.6) is 0 Å². The van der Waals surface area contributed by atoms with E-state index in [0.29, 0.717) is 16.6 Å². The summed E-state index contributed by atoms with van der Waals surface area (Å²) < 4.78 is 5.22. The van der Waals surface area contributed by atoms with E-state index in [1.54, 1.807) is 0 Å². The molecule has 1 heterocycles. The first-order valence-electron chi connectivity index (χ1n) is 4.85. The number of nitrogens with one attached hydrogen (secondary N) is 1.